The lowest BCUT2D eigenvalue weighted by Crippen LogP contribution is -2.54. The summed E-state index contributed by atoms with van der Waals surface area (Å²) in [7, 11) is -4.13. The first kappa shape index (κ1) is 31.2. The number of hydrogen-bond donors (Lipinski definition) is 1. The minimum Gasteiger partial charge on any atom is -0.350 e. The number of aryl methyl sites for hydroxylation is 3. The van der Waals surface area contributed by atoms with Crippen molar-refractivity contribution < 1.29 is 18.0 Å². The van der Waals surface area contributed by atoms with Crippen LogP contribution in [0.25, 0.3) is 0 Å². The third-order valence-electron chi connectivity index (χ3n) is 6.35. The molecule has 0 aromatic heterocycles. The van der Waals surface area contributed by atoms with Crippen LogP contribution < -0.4 is 9.62 Å². The Bertz CT molecular complexity index is 1460. The van der Waals surface area contributed by atoms with E-state index in [9.17, 15) is 18.0 Å². The fourth-order valence-electron chi connectivity index (χ4n) is 4.33. The molecule has 0 aliphatic carbocycles. The number of benzene rings is 3. The van der Waals surface area contributed by atoms with Crippen LogP contribution in [0.15, 0.2) is 71.6 Å². The summed E-state index contributed by atoms with van der Waals surface area (Å²) in [5.41, 5.74) is 3.13. The second-order valence-electron chi connectivity index (χ2n) is 11.2. The second-order valence-corrected chi connectivity index (χ2v) is 13.5. The fraction of sp³-hybridized carbons (Fsp3) is 0.355. The minimum absolute atomic E-state index is 0.0303. The van der Waals surface area contributed by atoms with Gasteiger partial charge in [0.15, 0.2) is 0 Å². The molecule has 1 N–H and O–H groups in total. The van der Waals surface area contributed by atoms with Crippen LogP contribution in [-0.2, 0) is 26.2 Å². The molecule has 0 aliphatic rings. The van der Waals surface area contributed by atoms with Gasteiger partial charge in [-0.05, 0) is 95.5 Å². The number of nitrogens with zero attached hydrogens (tertiary/aromatic N) is 2. The standard InChI is InChI=1S/C31H38ClN3O4S/c1-21-12-14-27(15-13-21)40(38,39)35(26-17-22(2)16-23(3)18-26)20-29(36)34(19-25-10-8-9-11-28(25)32)24(4)30(37)33-31(5,6)7/h8-18,24H,19-20H2,1-7H3,(H,33,37)/t24-/m1/s1. The summed E-state index contributed by atoms with van der Waals surface area (Å²) in [5, 5.41) is 3.36. The molecule has 0 heterocycles. The third-order valence-corrected chi connectivity index (χ3v) is 8.50. The van der Waals surface area contributed by atoms with Gasteiger partial charge >= 0.3 is 0 Å². The van der Waals surface area contributed by atoms with Crippen molar-refractivity contribution >= 4 is 39.1 Å². The maximum atomic E-state index is 14.1. The Balaban J connectivity index is 2.08. The molecule has 3 aromatic rings. The van der Waals surface area contributed by atoms with Gasteiger partial charge in [0.25, 0.3) is 10.0 Å². The molecule has 214 valence electrons. The first-order chi connectivity index (χ1) is 18.6. The highest BCUT2D eigenvalue weighted by molar-refractivity contribution is 7.92. The number of hydrogen-bond acceptors (Lipinski definition) is 4. The molecular weight excluding hydrogens is 546 g/mol. The van der Waals surface area contributed by atoms with Crippen LogP contribution in [0.5, 0.6) is 0 Å². The molecule has 9 heteroatoms. The van der Waals surface area contributed by atoms with E-state index in [4.69, 9.17) is 11.6 Å². The number of sulfonamides is 1. The third kappa shape index (κ3) is 7.86. The van der Waals surface area contributed by atoms with Crippen molar-refractivity contribution in [1.29, 1.82) is 0 Å². The smallest absolute Gasteiger partial charge is 0.264 e. The Kier molecular flexibility index (Phi) is 9.69. The normalized spacial score (nSPS) is 12.5. The molecule has 0 saturated heterocycles. The molecular formula is C31H38ClN3O4S. The van der Waals surface area contributed by atoms with E-state index < -0.39 is 34.1 Å². The van der Waals surface area contributed by atoms with Crippen LogP contribution in [0.3, 0.4) is 0 Å². The van der Waals surface area contributed by atoms with Crippen molar-refractivity contribution in [2.24, 2.45) is 0 Å². The lowest BCUT2D eigenvalue weighted by Gasteiger charge is -2.33. The summed E-state index contributed by atoms with van der Waals surface area (Å²) in [6, 6.07) is 18.1. The largest absolute Gasteiger partial charge is 0.350 e. The Morgan fingerprint density at radius 3 is 2.02 bits per heavy atom. The number of nitrogens with one attached hydrogen (secondary N) is 1. The van der Waals surface area contributed by atoms with E-state index in [0.717, 1.165) is 21.0 Å². The Labute approximate surface area is 243 Å². The van der Waals surface area contributed by atoms with E-state index >= 15 is 0 Å². The lowest BCUT2D eigenvalue weighted by atomic mass is 10.1. The number of rotatable bonds is 9. The number of halogens is 1. The number of carbonyl (C=O) groups is 2. The average molecular weight is 584 g/mol. The Morgan fingerprint density at radius 1 is 0.900 bits per heavy atom. The van der Waals surface area contributed by atoms with E-state index in [2.05, 4.69) is 5.32 Å². The molecule has 3 aromatic carbocycles. The summed E-state index contributed by atoms with van der Waals surface area (Å²) < 4.78 is 29.1. The number of carbonyl (C=O) groups excluding carboxylic acids is 2. The van der Waals surface area contributed by atoms with Gasteiger partial charge in [0.05, 0.1) is 10.6 Å². The van der Waals surface area contributed by atoms with E-state index in [-0.39, 0.29) is 17.3 Å². The molecule has 0 aliphatic heterocycles. The summed E-state index contributed by atoms with van der Waals surface area (Å²) in [6.45, 7) is 12.3. The van der Waals surface area contributed by atoms with Gasteiger partial charge in [0.1, 0.15) is 12.6 Å². The van der Waals surface area contributed by atoms with E-state index in [1.165, 1.54) is 17.0 Å². The van der Waals surface area contributed by atoms with Crippen molar-refractivity contribution in [3.63, 3.8) is 0 Å². The fourth-order valence-corrected chi connectivity index (χ4v) is 5.92. The highest BCUT2D eigenvalue weighted by atomic mass is 35.5. The van der Waals surface area contributed by atoms with Gasteiger partial charge in [-0.3, -0.25) is 13.9 Å². The lowest BCUT2D eigenvalue weighted by molar-refractivity contribution is -0.140. The van der Waals surface area contributed by atoms with Gasteiger partial charge in [-0.1, -0.05) is 53.6 Å². The highest BCUT2D eigenvalue weighted by Crippen LogP contribution is 2.27. The molecule has 0 unspecified atom stereocenters. The van der Waals surface area contributed by atoms with E-state index in [1.807, 2.05) is 47.6 Å². The van der Waals surface area contributed by atoms with Crippen molar-refractivity contribution in [1.82, 2.24) is 10.2 Å². The predicted molar refractivity (Wildman–Crippen MR) is 161 cm³/mol. The maximum Gasteiger partial charge on any atom is 0.264 e. The van der Waals surface area contributed by atoms with Crippen LogP contribution in [0.1, 0.15) is 49.9 Å². The summed E-state index contributed by atoms with van der Waals surface area (Å²) in [6.07, 6.45) is 0. The summed E-state index contributed by atoms with van der Waals surface area (Å²) >= 11 is 6.42. The van der Waals surface area contributed by atoms with Crippen LogP contribution >= 0.6 is 11.6 Å². The van der Waals surface area contributed by atoms with Gasteiger partial charge in [0.2, 0.25) is 11.8 Å². The van der Waals surface area contributed by atoms with Crippen molar-refractivity contribution in [2.45, 2.75) is 71.5 Å². The first-order valence-electron chi connectivity index (χ1n) is 13.1. The van der Waals surface area contributed by atoms with E-state index in [0.29, 0.717) is 16.3 Å². The molecule has 40 heavy (non-hydrogen) atoms. The molecule has 0 saturated carbocycles. The average Bonchev–Trinajstić information content (AvgIpc) is 2.84. The van der Waals surface area contributed by atoms with Gasteiger partial charge in [-0.2, -0.15) is 0 Å². The van der Waals surface area contributed by atoms with E-state index in [1.54, 1.807) is 55.5 Å². The molecule has 2 amide bonds. The van der Waals surface area contributed by atoms with Crippen molar-refractivity contribution in [3.05, 3.63) is 94.0 Å². The zero-order valence-corrected chi connectivity index (χ0v) is 25.7. The number of anilines is 1. The summed E-state index contributed by atoms with van der Waals surface area (Å²) in [5.74, 6) is -0.890. The van der Waals surface area contributed by atoms with Crippen molar-refractivity contribution in [3.8, 4) is 0 Å². The minimum atomic E-state index is -4.13. The van der Waals surface area contributed by atoms with Gasteiger partial charge in [-0.25, -0.2) is 8.42 Å². The van der Waals surface area contributed by atoms with Crippen LogP contribution in [0, 0.1) is 20.8 Å². The zero-order valence-electron chi connectivity index (χ0n) is 24.2. The monoisotopic (exact) mass is 583 g/mol. The molecule has 1 atom stereocenters. The first-order valence-corrected chi connectivity index (χ1v) is 14.9. The molecule has 0 spiro atoms. The maximum absolute atomic E-state index is 14.1. The predicted octanol–water partition coefficient (Wildman–Crippen LogP) is 5.79. The summed E-state index contributed by atoms with van der Waals surface area (Å²) in [4.78, 5) is 28.7. The molecule has 0 fully saturated rings. The number of amides is 2. The van der Waals surface area contributed by atoms with Crippen LogP contribution in [-0.4, -0.2) is 43.3 Å². The molecule has 0 radical (unpaired) electrons. The Hall–Kier alpha value is -3.36. The SMILES string of the molecule is Cc1ccc(S(=O)(=O)N(CC(=O)N(Cc2ccccc2Cl)[C@H](C)C(=O)NC(C)(C)C)c2cc(C)cc(C)c2)cc1. The second kappa shape index (κ2) is 12.4. The molecule has 0 bridgehead atoms. The van der Waals surface area contributed by atoms with Crippen LogP contribution in [0.4, 0.5) is 5.69 Å². The topological polar surface area (TPSA) is 86.8 Å². The van der Waals surface area contributed by atoms with Gasteiger partial charge in [-0.15, -0.1) is 0 Å². The molecule has 3 rings (SSSR count). The highest BCUT2D eigenvalue weighted by Gasteiger charge is 2.33. The Morgan fingerprint density at radius 2 is 1.48 bits per heavy atom. The molecule has 7 nitrogen and oxygen atoms in total. The zero-order chi connectivity index (χ0) is 29.8. The van der Waals surface area contributed by atoms with Gasteiger partial charge in [0, 0.05) is 17.1 Å². The van der Waals surface area contributed by atoms with Crippen molar-refractivity contribution in [2.75, 3.05) is 10.8 Å². The quantitative estimate of drug-likeness (QED) is 0.345. The van der Waals surface area contributed by atoms with Crippen LogP contribution in [0.2, 0.25) is 5.02 Å². The van der Waals surface area contributed by atoms with Gasteiger partial charge < -0.3 is 10.2 Å².